The Morgan fingerprint density at radius 2 is 2.00 bits per heavy atom. The van der Waals surface area contributed by atoms with Gasteiger partial charge in [-0.25, -0.2) is 9.07 Å². The van der Waals surface area contributed by atoms with E-state index in [1.165, 1.54) is 12.1 Å². The molecule has 162 valence electrons. The lowest BCUT2D eigenvalue weighted by molar-refractivity contribution is 0.141. The molecule has 4 rings (SSSR count). The molecule has 0 aliphatic carbocycles. The standard InChI is InChI=1S/C22H29FN4O3/c23-17-3-1-5-21(13-17)30-12-11-25-8-2-4-18(16-25)27-22(29)14-19(15-24-27)26-9-6-20(28)7-10-26/h1,3,5,13-15,18,20,28H,2,4,6-12,16H2. The van der Waals surface area contributed by atoms with Gasteiger partial charge < -0.3 is 14.7 Å². The van der Waals surface area contributed by atoms with Crippen molar-refractivity contribution >= 4 is 5.69 Å². The second kappa shape index (κ2) is 9.57. The highest BCUT2D eigenvalue weighted by molar-refractivity contribution is 5.43. The predicted octanol–water partition coefficient (Wildman–Crippen LogP) is 2.06. The molecular weight excluding hydrogens is 387 g/mol. The van der Waals surface area contributed by atoms with Crippen LogP contribution in [0.2, 0.25) is 0 Å². The molecule has 0 saturated carbocycles. The van der Waals surface area contributed by atoms with Gasteiger partial charge in [0.05, 0.1) is 24.0 Å². The number of halogens is 1. The Kier molecular flexibility index (Phi) is 6.64. The molecule has 1 unspecified atom stereocenters. The van der Waals surface area contributed by atoms with Crippen molar-refractivity contribution in [3.05, 3.63) is 52.7 Å². The molecule has 2 aromatic rings. The highest BCUT2D eigenvalue weighted by atomic mass is 19.1. The average molecular weight is 416 g/mol. The largest absolute Gasteiger partial charge is 0.492 e. The summed E-state index contributed by atoms with van der Waals surface area (Å²) in [7, 11) is 0. The van der Waals surface area contributed by atoms with Gasteiger partial charge in [-0.1, -0.05) is 6.07 Å². The van der Waals surface area contributed by atoms with Crippen molar-refractivity contribution in [1.29, 1.82) is 0 Å². The topological polar surface area (TPSA) is 70.8 Å². The van der Waals surface area contributed by atoms with Crippen molar-refractivity contribution < 1.29 is 14.2 Å². The van der Waals surface area contributed by atoms with Crippen molar-refractivity contribution in [2.45, 2.75) is 37.8 Å². The molecule has 0 radical (unpaired) electrons. The molecule has 8 heteroatoms. The van der Waals surface area contributed by atoms with Gasteiger partial charge in [0.25, 0.3) is 5.56 Å². The highest BCUT2D eigenvalue weighted by Gasteiger charge is 2.24. The first-order chi connectivity index (χ1) is 14.6. The van der Waals surface area contributed by atoms with Crippen LogP contribution < -0.4 is 15.2 Å². The van der Waals surface area contributed by atoms with Crippen molar-refractivity contribution in [3.8, 4) is 5.75 Å². The summed E-state index contributed by atoms with van der Waals surface area (Å²) in [4.78, 5) is 17.1. The lowest BCUT2D eigenvalue weighted by Crippen LogP contribution is -2.42. The maximum absolute atomic E-state index is 13.2. The van der Waals surface area contributed by atoms with Crippen LogP contribution in [0, 0.1) is 5.82 Å². The first-order valence-corrected chi connectivity index (χ1v) is 10.7. The number of benzene rings is 1. The van der Waals surface area contributed by atoms with Crippen LogP contribution in [0.3, 0.4) is 0 Å². The van der Waals surface area contributed by atoms with E-state index < -0.39 is 0 Å². The summed E-state index contributed by atoms with van der Waals surface area (Å²) in [6.07, 6.45) is 4.88. The fourth-order valence-electron chi connectivity index (χ4n) is 4.26. The molecule has 1 aromatic heterocycles. The third kappa shape index (κ3) is 5.17. The van der Waals surface area contributed by atoms with Gasteiger partial charge in [-0.05, 0) is 44.4 Å². The zero-order valence-corrected chi connectivity index (χ0v) is 17.1. The van der Waals surface area contributed by atoms with Crippen molar-refractivity contribution in [2.75, 3.05) is 44.2 Å². The molecule has 2 fully saturated rings. The summed E-state index contributed by atoms with van der Waals surface area (Å²) in [6.45, 7) is 4.37. The van der Waals surface area contributed by atoms with E-state index in [1.807, 2.05) is 0 Å². The van der Waals surface area contributed by atoms with Gasteiger partial charge in [0.2, 0.25) is 0 Å². The van der Waals surface area contributed by atoms with Crippen LogP contribution in [-0.2, 0) is 0 Å². The van der Waals surface area contributed by atoms with E-state index in [0.717, 1.165) is 64.1 Å². The van der Waals surface area contributed by atoms with E-state index in [9.17, 15) is 14.3 Å². The number of hydrogen-bond donors (Lipinski definition) is 1. The number of piperidine rings is 2. The maximum atomic E-state index is 13.2. The zero-order chi connectivity index (χ0) is 20.9. The first kappa shape index (κ1) is 20.8. The second-order valence-corrected chi connectivity index (χ2v) is 8.12. The minimum absolute atomic E-state index is 0.0395. The smallest absolute Gasteiger partial charge is 0.269 e. The van der Waals surface area contributed by atoms with Gasteiger partial charge in [0.1, 0.15) is 18.2 Å². The number of ether oxygens (including phenoxy) is 1. The molecule has 0 spiro atoms. The minimum atomic E-state index is -0.305. The van der Waals surface area contributed by atoms with E-state index in [1.54, 1.807) is 29.1 Å². The lowest BCUT2D eigenvalue weighted by Gasteiger charge is -2.33. The van der Waals surface area contributed by atoms with E-state index >= 15 is 0 Å². The predicted molar refractivity (Wildman–Crippen MR) is 113 cm³/mol. The van der Waals surface area contributed by atoms with Gasteiger partial charge in [0.15, 0.2) is 0 Å². The van der Waals surface area contributed by atoms with Crippen molar-refractivity contribution in [1.82, 2.24) is 14.7 Å². The number of aliphatic hydroxyl groups excluding tert-OH is 1. The Balaban J connectivity index is 1.33. The summed E-state index contributed by atoms with van der Waals surface area (Å²) in [5.41, 5.74) is 0.751. The Morgan fingerprint density at radius 1 is 1.17 bits per heavy atom. The average Bonchev–Trinajstić information content (AvgIpc) is 2.74. The van der Waals surface area contributed by atoms with E-state index in [-0.39, 0.29) is 23.5 Å². The number of hydrogen-bond acceptors (Lipinski definition) is 6. The number of anilines is 1. The van der Waals surface area contributed by atoms with Crippen LogP contribution in [-0.4, -0.2) is 65.2 Å². The van der Waals surface area contributed by atoms with Crippen molar-refractivity contribution in [3.63, 3.8) is 0 Å². The number of nitrogens with zero attached hydrogens (tertiary/aromatic N) is 4. The highest BCUT2D eigenvalue weighted by Crippen LogP contribution is 2.21. The molecule has 7 nitrogen and oxygen atoms in total. The molecule has 1 aromatic carbocycles. The summed E-state index contributed by atoms with van der Waals surface area (Å²) in [5, 5.41) is 14.1. The number of aromatic nitrogens is 2. The third-order valence-corrected chi connectivity index (χ3v) is 5.94. The van der Waals surface area contributed by atoms with E-state index in [2.05, 4.69) is 14.9 Å². The molecule has 1 N–H and O–H groups in total. The Hall–Kier alpha value is -2.45. The van der Waals surface area contributed by atoms with Gasteiger partial charge >= 0.3 is 0 Å². The Labute approximate surface area is 175 Å². The van der Waals surface area contributed by atoms with Crippen LogP contribution in [0.25, 0.3) is 0 Å². The van der Waals surface area contributed by atoms with Gasteiger partial charge in [-0.2, -0.15) is 5.10 Å². The first-order valence-electron chi connectivity index (χ1n) is 10.7. The Morgan fingerprint density at radius 3 is 2.77 bits per heavy atom. The molecule has 2 aliphatic heterocycles. The third-order valence-electron chi connectivity index (χ3n) is 5.94. The maximum Gasteiger partial charge on any atom is 0.269 e. The normalized spacial score (nSPS) is 21.0. The molecule has 2 aliphatic rings. The van der Waals surface area contributed by atoms with E-state index in [0.29, 0.717) is 12.4 Å². The Bertz CT molecular complexity index is 898. The lowest BCUT2D eigenvalue weighted by atomic mass is 10.1. The second-order valence-electron chi connectivity index (χ2n) is 8.12. The number of likely N-dealkylation sites (tertiary alicyclic amines) is 1. The molecule has 2 saturated heterocycles. The van der Waals surface area contributed by atoms with Gasteiger partial charge in [-0.3, -0.25) is 9.69 Å². The SMILES string of the molecule is O=c1cc(N2CCC(O)CC2)cnn1C1CCCN(CCOc2cccc(F)c2)C1. The number of rotatable bonds is 6. The molecular formula is C22H29FN4O3. The summed E-state index contributed by atoms with van der Waals surface area (Å²) < 4.78 is 20.5. The fourth-order valence-corrected chi connectivity index (χ4v) is 4.26. The quantitative estimate of drug-likeness (QED) is 0.777. The van der Waals surface area contributed by atoms with Crippen molar-refractivity contribution in [2.24, 2.45) is 0 Å². The molecule has 1 atom stereocenters. The van der Waals surface area contributed by atoms with Gasteiger partial charge in [-0.15, -0.1) is 0 Å². The molecule has 0 bridgehead atoms. The minimum Gasteiger partial charge on any atom is -0.492 e. The van der Waals surface area contributed by atoms with E-state index in [4.69, 9.17) is 4.74 Å². The number of aliphatic hydroxyl groups is 1. The van der Waals surface area contributed by atoms with Crippen LogP contribution in [0.1, 0.15) is 31.7 Å². The molecule has 30 heavy (non-hydrogen) atoms. The fraction of sp³-hybridized carbons (Fsp3) is 0.545. The summed E-state index contributed by atoms with van der Waals surface area (Å²) >= 11 is 0. The van der Waals surface area contributed by atoms with Gasteiger partial charge in [0, 0.05) is 38.3 Å². The van der Waals surface area contributed by atoms with Crippen LogP contribution in [0.4, 0.5) is 10.1 Å². The monoisotopic (exact) mass is 416 g/mol. The van der Waals surface area contributed by atoms with Crippen LogP contribution in [0.15, 0.2) is 41.3 Å². The molecule has 0 amide bonds. The van der Waals surface area contributed by atoms with Crippen LogP contribution >= 0.6 is 0 Å². The summed E-state index contributed by atoms with van der Waals surface area (Å²) in [6, 6.07) is 7.86. The van der Waals surface area contributed by atoms with Crippen LogP contribution in [0.5, 0.6) is 5.75 Å². The summed E-state index contributed by atoms with van der Waals surface area (Å²) in [5.74, 6) is 0.224. The molecule has 3 heterocycles. The zero-order valence-electron chi connectivity index (χ0n) is 17.1.